The van der Waals surface area contributed by atoms with Crippen molar-refractivity contribution < 1.29 is 0 Å². The van der Waals surface area contributed by atoms with E-state index in [4.69, 9.17) is 0 Å². The molecule has 1 aliphatic carbocycles. The molecule has 2 nitrogen and oxygen atoms in total. The molecule has 0 radical (unpaired) electrons. The lowest BCUT2D eigenvalue weighted by molar-refractivity contribution is 0.437. The number of nitrogens with zero attached hydrogens (tertiary/aromatic N) is 2. The molecule has 0 spiro atoms. The van der Waals surface area contributed by atoms with Crippen molar-refractivity contribution in [3.63, 3.8) is 0 Å². The van der Waals surface area contributed by atoms with Crippen LogP contribution in [0.5, 0.6) is 0 Å². The van der Waals surface area contributed by atoms with E-state index >= 15 is 0 Å². The molecular formula is C15H18N2. The molecule has 1 aromatic carbocycles. The maximum atomic E-state index is 4.54. The molecule has 0 fully saturated rings. The lowest BCUT2D eigenvalue weighted by Crippen LogP contribution is -2.12. The zero-order chi connectivity index (χ0) is 12.1. The van der Waals surface area contributed by atoms with Crippen LogP contribution in [-0.4, -0.2) is 24.8 Å². The Morgan fingerprint density at radius 3 is 2.47 bits per heavy atom. The minimum Gasteiger partial charge on any atom is -0.303 e. The highest BCUT2D eigenvalue weighted by molar-refractivity contribution is 6.05. The summed E-state index contributed by atoms with van der Waals surface area (Å²) in [5.74, 6) is 0. The molecule has 0 aromatic heterocycles. The summed E-state index contributed by atoms with van der Waals surface area (Å²) in [4.78, 5) is 0. The van der Waals surface area contributed by atoms with E-state index in [-0.39, 0.29) is 0 Å². The largest absolute Gasteiger partial charge is 0.303 e. The minimum absolute atomic E-state index is 0.927. The Bertz CT molecular complexity index is 453. The van der Waals surface area contributed by atoms with E-state index in [0.717, 1.165) is 12.8 Å². The van der Waals surface area contributed by atoms with Gasteiger partial charge in [0, 0.05) is 20.5 Å². The van der Waals surface area contributed by atoms with Crippen LogP contribution in [0.1, 0.15) is 18.4 Å². The highest BCUT2D eigenvalue weighted by atomic mass is 15.4. The zero-order valence-corrected chi connectivity index (χ0v) is 10.4. The van der Waals surface area contributed by atoms with Crippen LogP contribution < -0.4 is 0 Å². The fourth-order valence-electron chi connectivity index (χ4n) is 1.89. The van der Waals surface area contributed by atoms with E-state index in [2.05, 4.69) is 47.6 Å². The second-order valence-corrected chi connectivity index (χ2v) is 4.35. The van der Waals surface area contributed by atoms with Crippen LogP contribution in [0.15, 0.2) is 53.2 Å². The lowest BCUT2D eigenvalue weighted by Gasteiger charge is -2.15. The van der Waals surface area contributed by atoms with Gasteiger partial charge in [-0.25, -0.2) is 0 Å². The molecule has 0 bridgehead atoms. The summed E-state index contributed by atoms with van der Waals surface area (Å²) in [7, 11) is 3.93. The average Bonchev–Trinajstić information content (AvgIpc) is 2.32. The first-order valence-electron chi connectivity index (χ1n) is 5.91. The molecule has 0 amide bonds. The van der Waals surface area contributed by atoms with Gasteiger partial charge >= 0.3 is 0 Å². The Morgan fingerprint density at radius 2 is 1.76 bits per heavy atom. The summed E-state index contributed by atoms with van der Waals surface area (Å²) in [6.45, 7) is 0. The van der Waals surface area contributed by atoms with Crippen molar-refractivity contribution in [2.24, 2.45) is 5.10 Å². The lowest BCUT2D eigenvalue weighted by atomic mass is 9.96. The third-order valence-electron chi connectivity index (χ3n) is 2.65. The first-order chi connectivity index (χ1) is 8.25. The molecule has 0 aliphatic heterocycles. The molecule has 2 heteroatoms. The summed E-state index contributed by atoms with van der Waals surface area (Å²) in [5.41, 5.74) is 3.72. The van der Waals surface area contributed by atoms with Gasteiger partial charge in [-0.05, 0) is 23.6 Å². The van der Waals surface area contributed by atoms with Crippen LogP contribution in [-0.2, 0) is 0 Å². The van der Waals surface area contributed by atoms with E-state index in [1.165, 1.54) is 16.8 Å². The molecule has 88 valence electrons. The van der Waals surface area contributed by atoms with Crippen LogP contribution in [0.2, 0.25) is 0 Å². The third-order valence-corrected chi connectivity index (χ3v) is 2.65. The van der Waals surface area contributed by atoms with Crippen molar-refractivity contribution in [3.05, 3.63) is 53.6 Å². The number of hydrazone groups is 1. The molecular weight excluding hydrogens is 208 g/mol. The predicted octanol–water partition coefficient (Wildman–Crippen LogP) is 3.34. The molecule has 0 atom stereocenters. The van der Waals surface area contributed by atoms with Crippen LogP contribution >= 0.6 is 0 Å². The van der Waals surface area contributed by atoms with E-state index in [1.54, 1.807) is 0 Å². The quantitative estimate of drug-likeness (QED) is 0.558. The van der Waals surface area contributed by atoms with Crippen molar-refractivity contribution in [1.82, 2.24) is 5.01 Å². The van der Waals surface area contributed by atoms with Gasteiger partial charge < -0.3 is 5.01 Å². The maximum absolute atomic E-state index is 4.54. The Hall–Kier alpha value is -1.83. The first kappa shape index (κ1) is 11.6. The van der Waals surface area contributed by atoms with Crippen molar-refractivity contribution in [3.8, 4) is 0 Å². The molecule has 1 aliphatic rings. The Morgan fingerprint density at radius 1 is 1.06 bits per heavy atom. The second kappa shape index (κ2) is 5.48. The second-order valence-electron chi connectivity index (χ2n) is 4.35. The standard InChI is InChI=1S/C15H18N2/c1-17(2)16-15-11-7-6-10-14(15)12-13-8-4-3-5-9-13/h3-9,12H,10-11H2,1-2H3. The maximum Gasteiger partial charge on any atom is 0.0678 e. The summed E-state index contributed by atoms with van der Waals surface area (Å²) < 4.78 is 0. The summed E-state index contributed by atoms with van der Waals surface area (Å²) in [6.07, 6.45) is 8.53. The summed E-state index contributed by atoms with van der Waals surface area (Å²) in [5, 5.41) is 6.41. The van der Waals surface area contributed by atoms with Crippen LogP contribution in [0.4, 0.5) is 0 Å². The summed E-state index contributed by atoms with van der Waals surface area (Å²) >= 11 is 0. The molecule has 2 rings (SSSR count). The number of rotatable bonds is 2. The van der Waals surface area contributed by atoms with Crippen LogP contribution in [0.25, 0.3) is 6.08 Å². The van der Waals surface area contributed by atoms with Gasteiger partial charge in [0.1, 0.15) is 0 Å². The number of benzene rings is 1. The van der Waals surface area contributed by atoms with Gasteiger partial charge in [0.2, 0.25) is 0 Å². The van der Waals surface area contributed by atoms with Gasteiger partial charge in [-0.1, -0.05) is 42.5 Å². The molecule has 0 saturated heterocycles. The SMILES string of the molecule is CN(C)N=C1CC=CCC1=Cc1ccccc1. The fraction of sp³-hybridized carbons (Fsp3) is 0.267. The molecule has 1 aromatic rings. The Labute approximate surface area is 103 Å². The van der Waals surface area contributed by atoms with Crippen LogP contribution in [0.3, 0.4) is 0 Å². The van der Waals surface area contributed by atoms with E-state index in [1.807, 2.05) is 25.2 Å². The number of hydrogen-bond donors (Lipinski definition) is 0. The molecule has 0 heterocycles. The monoisotopic (exact) mass is 226 g/mol. The van der Waals surface area contributed by atoms with Gasteiger partial charge in [-0.15, -0.1) is 0 Å². The van der Waals surface area contributed by atoms with Crippen molar-refractivity contribution in [1.29, 1.82) is 0 Å². The summed E-state index contributed by atoms with van der Waals surface area (Å²) in [6, 6.07) is 10.4. The molecule has 17 heavy (non-hydrogen) atoms. The van der Waals surface area contributed by atoms with Crippen molar-refractivity contribution >= 4 is 11.8 Å². The van der Waals surface area contributed by atoms with Gasteiger partial charge in [0.05, 0.1) is 5.71 Å². The normalized spacial score (nSPS) is 19.9. The van der Waals surface area contributed by atoms with Gasteiger partial charge in [-0.3, -0.25) is 0 Å². The van der Waals surface area contributed by atoms with E-state index < -0.39 is 0 Å². The topological polar surface area (TPSA) is 15.6 Å². The Balaban J connectivity index is 2.29. The van der Waals surface area contributed by atoms with E-state index in [0.29, 0.717) is 0 Å². The van der Waals surface area contributed by atoms with Gasteiger partial charge in [-0.2, -0.15) is 5.10 Å². The molecule has 0 saturated carbocycles. The van der Waals surface area contributed by atoms with E-state index in [9.17, 15) is 0 Å². The molecule has 0 N–H and O–H groups in total. The molecule has 0 unspecified atom stereocenters. The van der Waals surface area contributed by atoms with Crippen molar-refractivity contribution in [2.45, 2.75) is 12.8 Å². The minimum atomic E-state index is 0.927. The number of allylic oxidation sites excluding steroid dienone is 3. The van der Waals surface area contributed by atoms with Crippen LogP contribution in [0, 0.1) is 0 Å². The fourth-order valence-corrected chi connectivity index (χ4v) is 1.89. The van der Waals surface area contributed by atoms with Crippen molar-refractivity contribution in [2.75, 3.05) is 14.1 Å². The zero-order valence-electron chi connectivity index (χ0n) is 10.4. The van der Waals surface area contributed by atoms with Gasteiger partial charge in [0.15, 0.2) is 0 Å². The third kappa shape index (κ3) is 3.31. The first-order valence-corrected chi connectivity index (χ1v) is 5.91. The smallest absolute Gasteiger partial charge is 0.0678 e. The average molecular weight is 226 g/mol. The number of hydrogen-bond acceptors (Lipinski definition) is 2. The highest BCUT2D eigenvalue weighted by Crippen LogP contribution is 2.19. The Kier molecular flexibility index (Phi) is 3.76. The van der Waals surface area contributed by atoms with Gasteiger partial charge in [0.25, 0.3) is 0 Å². The predicted molar refractivity (Wildman–Crippen MR) is 73.9 cm³/mol. The highest BCUT2D eigenvalue weighted by Gasteiger charge is 2.09.